The molecule has 6 rings (SSSR count). The molecule has 0 atom stereocenters. The van der Waals surface area contributed by atoms with Gasteiger partial charge >= 0.3 is 0 Å². The largest absolute Gasteiger partial charge is 0.489 e. The van der Waals surface area contributed by atoms with E-state index in [0.29, 0.717) is 6.61 Å². The van der Waals surface area contributed by atoms with Gasteiger partial charge in [0.05, 0.1) is 5.41 Å². The number of hydrogen-bond donors (Lipinski definition) is 1. The number of halogens is 1. The number of amides is 1. The Kier molecular flexibility index (Phi) is 4.59. The molecule has 0 unspecified atom stereocenters. The van der Waals surface area contributed by atoms with Gasteiger partial charge < -0.3 is 10.1 Å². The first-order valence-electron chi connectivity index (χ1n) is 10.4. The standard InChI is InChI=1S/C24H26ClNO2/c25-20-3-1-16(2-4-20)15-28-22-7-5-21(6-8-22)26-23(27)24-12-17-9-18(13-24)11-19(10-17)14-24/h1-8,17-19H,9-15H2,(H,26,27). The Hall–Kier alpha value is -2.00. The van der Waals surface area contributed by atoms with Gasteiger partial charge in [-0.15, -0.1) is 0 Å². The van der Waals surface area contributed by atoms with Crippen LogP contribution in [-0.4, -0.2) is 5.91 Å². The molecule has 2 aromatic rings. The number of carbonyl (C=O) groups is 1. The van der Waals surface area contributed by atoms with E-state index in [1.165, 1.54) is 19.3 Å². The van der Waals surface area contributed by atoms with Gasteiger partial charge in [-0.3, -0.25) is 4.79 Å². The maximum atomic E-state index is 13.1. The summed E-state index contributed by atoms with van der Waals surface area (Å²) in [6, 6.07) is 15.4. The van der Waals surface area contributed by atoms with Crippen LogP contribution in [0.4, 0.5) is 5.69 Å². The smallest absolute Gasteiger partial charge is 0.230 e. The summed E-state index contributed by atoms with van der Waals surface area (Å²) in [6.07, 6.45) is 7.33. The van der Waals surface area contributed by atoms with E-state index in [1.54, 1.807) is 0 Å². The van der Waals surface area contributed by atoms with Gasteiger partial charge in [0.15, 0.2) is 0 Å². The summed E-state index contributed by atoms with van der Waals surface area (Å²) in [5.74, 6) is 3.37. The third-order valence-corrected chi connectivity index (χ3v) is 7.20. The third kappa shape index (κ3) is 3.53. The molecule has 4 fully saturated rings. The first-order valence-corrected chi connectivity index (χ1v) is 10.7. The van der Waals surface area contributed by atoms with Crippen LogP contribution in [0.3, 0.4) is 0 Å². The Morgan fingerprint density at radius 2 is 1.50 bits per heavy atom. The van der Waals surface area contributed by atoms with Gasteiger partial charge in [0, 0.05) is 10.7 Å². The minimum absolute atomic E-state index is 0.113. The lowest BCUT2D eigenvalue weighted by molar-refractivity contribution is -0.140. The molecule has 146 valence electrons. The second-order valence-corrected chi connectivity index (χ2v) is 9.53. The Bertz CT molecular complexity index is 824. The van der Waals surface area contributed by atoms with E-state index < -0.39 is 0 Å². The van der Waals surface area contributed by atoms with Crippen LogP contribution in [0, 0.1) is 23.2 Å². The average molecular weight is 396 g/mol. The molecule has 0 heterocycles. The van der Waals surface area contributed by atoms with Gasteiger partial charge in [0.25, 0.3) is 0 Å². The van der Waals surface area contributed by atoms with Crippen molar-refractivity contribution in [2.24, 2.45) is 23.2 Å². The fraction of sp³-hybridized carbons (Fsp3) is 0.458. The number of benzene rings is 2. The molecule has 3 nitrogen and oxygen atoms in total. The highest BCUT2D eigenvalue weighted by atomic mass is 35.5. The number of anilines is 1. The SMILES string of the molecule is O=C(Nc1ccc(OCc2ccc(Cl)cc2)cc1)C12CC3CC(CC(C3)C1)C2. The second-order valence-electron chi connectivity index (χ2n) is 9.09. The zero-order valence-electron chi connectivity index (χ0n) is 16.0. The zero-order valence-corrected chi connectivity index (χ0v) is 16.8. The van der Waals surface area contributed by atoms with Crippen molar-refractivity contribution in [2.45, 2.75) is 45.1 Å². The Morgan fingerprint density at radius 3 is 2.07 bits per heavy atom. The van der Waals surface area contributed by atoms with Crippen LogP contribution in [0.15, 0.2) is 48.5 Å². The number of rotatable bonds is 5. The summed E-state index contributed by atoms with van der Waals surface area (Å²) in [6.45, 7) is 0.496. The van der Waals surface area contributed by atoms with Crippen LogP contribution < -0.4 is 10.1 Å². The molecule has 4 saturated carbocycles. The number of ether oxygens (including phenoxy) is 1. The lowest BCUT2D eigenvalue weighted by Crippen LogP contribution is -2.51. The van der Waals surface area contributed by atoms with Crippen molar-refractivity contribution >= 4 is 23.2 Å². The Morgan fingerprint density at radius 1 is 0.929 bits per heavy atom. The molecule has 0 radical (unpaired) electrons. The molecule has 4 aliphatic carbocycles. The van der Waals surface area contributed by atoms with E-state index in [-0.39, 0.29) is 11.3 Å². The monoisotopic (exact) mass is 395 g/mol. The van der Waals surface area contributed by atoms with Crippen molar-refractivity contribution < 1.29 is 9.53 Å². The van der Waals surface area contributed by atoms with E-state index in [1.807, 2.05) is 48.5 Å². The van der Waals surface area contributed by atoms with Gasteiger partial charge in [-0.2, -0.15) is 0 Å². The Balaban J connectivity index is 1.20. The molecule has 0 aromatic heterocycles. The van der Waals surface area contributed by atoms with E-state index in [2.05, 4.69) is 5.32 Å². The normalized spacial score (nSPS) is 30.2. The first-order chi connectivity index (χ1) is 13.6. The van der Waals surface area contributed by atoms with Crippen LogP contribution in [0.1, 0.15) is 44.1 Å². The molecule has 28 heavy (non-hydrogen) atoms. The quantitative estimate of drug-likeness (QED) is 0.666. The molecule has 2 aromatic carbocycles. The fourth-order valence-electron chi connectivity index (χ4n) is 6.03. The maximum absolute atomic E-state index is 13.1. The van der Waals surface area contributed by atoms with Crippen molar-refractivity contribution in [3.05, 3.63) is 59.1 Å². The van der Waals surface area contributed by atoms with Crippen molar-refractivity contribution in [1.29, 1.82) is 0 Å². The fourth-order valence-corrected chi connectivity index (χ4v) is 6.16. The highest BCUT2D eigenvalue weighted by molar-refractivity contribution is 6.30. The predicted octanol–water partition coefficient (Wildman–Crippen LogP) is 6.07. The number of nitrogens with one attached hydrogen (secondary N) is 1. The summed E-state index contributed by atoms with van der Waals surface area (Å²) in [5, 5.41) is 3.92. The highest BCUT2D eigenvalue weighted by Crippen LogP contribution is 2.60. The van der Waals surface area contributed by atoms with Gasteiger partial charge in [0.1, 0.15) is 12.4 Å². The minimum Gasteiger partial charge on any atom is -0.489 e. The molecule has 1 N–H and O–H groups in total. The lowest BCUT2D eigenvalue weighted by Gasteiger charge is -2.55. The molecule has 4 aliphatic rings. The molecular weight excluding hydrogens is 370 g/mol. The van der Waals surface area contributed by atoms with Crippen LogP contribution in [0.5, 0.6) is 5.75 Å². The van der Waals surface area contributed by atoms with E-state index in [4.69, 9.17) is 16.3 Å². The zero-order chi connectivity index (χ0) is 19.1. The van der Waals surface area contributed by atoms with E-state index >= 15 is 0 Å². The van der Waals surface area contributed by atoms with Crippen molar-refractivity contribution in [3.63, 3.8) is 0 Å². The molecule has 0 spiro atoms. The molecule has 4 bridgehead atoms. The van der Waals surface area contributed by atoms with Crippen LogP contribution in [-0.2, 0) is 11.4 Å². The summed E-state index contributed by atoms with van der Waals surface area (Å²) in [5.41, 5.74) is 1.82. The Labute approximate surface area is 171 Å². The summed E-state index contributed by atoms with van der Waals surface area (Å²) in [4.78, 5) is 13.1. The van der Waals surface area contributed by atoms with E-state index in [9.17, 15) is 4.79 Å². The van der Waals surface area contributed by atoms with Crippen molar-refractivity contribution in [2.75, 3.05) is 5.32 Å². The minimum atomic E-state index is -0.113. The second kappa shape index (κ2) is 7.11. The van der Waals surface area contributed by atoms with Gasteiger partial charge in [-0.05, 0) is 98.2 Å². The molecule has 0 aliphatic heterocycles. The molecule has 1 amide bonds. The topological polar surface area (TPSA) is 38.3 Å². The third-order valence-electron chi connectivity index (χ3n) is 6.95. The summed E-state index contributed by atoms with van der Waals surface area (Å²) < 4.78 is 5.84. The summed E-state index contributed by atoms with van der Waals surface area (Å²) in [7, 11) is 0. The molecule has 0 saturated heterocycles. The van der Waals surface area contributed by atoms with Crippen molar-refractivity contribution in [3.8, 4) is 5.75 Å². The van der Waals surface area contributed by atoms with Crippen LogP contribution in [0.2, 0.25) is 5.02 Å². The number of carbonyl (C=O) groups excluding carboxylic acids is 1. The lowest BCUT2D eigenvalue weighted by atomic mass is 9.49. The van der Waals surface area contributed by atoms with Gasteiger partial charge in [-0.25, -0.2) is 0 Å². The van der Waals surface area contributed by atoms with E-state index in [0.717, 1.165) is 59.0 Å². The highest BCUT2D eigenvalue weighted by Gasteiger charge is 2.54. The predicted molar refractivity (Wildman–Crippen MR) is 111 cm³/mol. The first kappa shape index (κ1) is 18.1. The average Bonchev–Trinajstić information content (AvgIpc) is 2.68. The summed E-state index contributed by atoms with van der Waals surface area (Å²) >= 11 is 5.91. The van der Waals surface area contributed by atoms with Crippen LogP contribution >= 0.6 is 11.6 Å². The molecular formula is C24H26ClNO2. The maximum Gasteiger partial charge on any atom is 0.230 e. The van der Waals surface area contributed by atoms with Gasteiger partial charge in [-0.1, -0.05) is 23.7 Å². The molecule has 4 heteroatoms. The van der Waals surface area contributed by atoms with Crippen molar-refractivity contribution in [1.82, 2.24) is 0 Å². The number of hydrogen-bond acceptors (Lipinski definition) is 2. The van der Waals surface area contributed by atoms with Crippen LogP contribution in [0.25, 0.3) is 0 Å². The van der Waals surface area contributed by atoms with Gasteiger partial charge in [0.2, 0.25) is 5.91 Å².